The molecular weight excluding hydrogens is 292 g/mol. The van der Waals surface area contributed by atoms with Crippen molar-refractivity contribution >= 4 is 33.2 Å². The van der Waals surface area contributed by atoms with Crippen molar-refractivity contribution in [1.29, 1.82) is 0 Å². The van der Waals surface area contributed by atoms with Crippen LogP contribution in [0.4, 0.5) is 11.6 Å². The fourth-order valence-electron chi connectivity index (χ4n) is 1.97. The number of nitrogens with zero attached hydrogens (tertiary/aromatic N) is 3. The highest BCUT2D eigenvalue weighted by Crippen LogP contribution is 2.36. The molecule has 0 saturated carbocycles. The van der Waals surface area contributed by atoms with Crippen LogP contribution < -0.4 is 10.5 Å². The summed E-state index contributed by atoms with van der Waals surface area (Å²) in [4.78, 5) is 19.5. The average molecular weight is 302 g/mol. The Bertz CT molecular complexity index is 847. The van der Waals surface area contributed by atoms with Crippen LogP contribution in [-0.2, 0) is 0 Å². The number of ether oxygens (including phenoxy) is 1. The van der Waals surface area contributed by atoms with Gasteiger partial charge in [0.05, 0.1) is 10.3 Å². The van der Waals surface area contributed by atoms with Gasteiger partial charge >= 0.3 is 5.69 Å². The zero-order valence-corrected chi connectivity index (χ0v) is 11.8. The number of hydrogen-bond donors (Lipinski definition) is 1. The predicted octanol–water partition coefficient (Wildman–Crippen LogP) is 3.28. The fourth-order valence-corrected chi connectivity index (χ4v) is 2.74. The van der Waals surface area contributed by atoms with Crippen molar-refractivity contribution in [3.63, 3.8) is 0 Å². The summed E-state index contributed by atoms with van der Waals surface area (Å²) in [6, 6.07) is 6.66. The monoisotopic (exact) mass is 302 g/mol. The summed E-state index contributed by atoms with van der Waals surface area (Å²) in [7, 11) is 0. The molecule has 0 aliphatic rings. The molecule has 0 amide bonds. The van der Waals surface area contributed by atoms with E-state index in [2.05, 4.69) is 9.97 Å². The van der Waals surface area contributed by atoms with Gasteiger partial charge in [0.15, 0.2) is 0 Å². The van der Waals surface area contributed by atoms with Gasteiger partial charge < -0.3 is 10.5 Å². The number of nitrogens with two attached hydrogens (primary N) is 1. The number of thiophene rings is 1. The molecule has 21 heavy (non-hydrogen) atoms. The normalized spacial score (nSPS) is 10.7. The minimum absolute atomic E-state index is 0.0651. The van der Waals surface area contributed by atoms with E-state index in [1.165, 1.54) is 17.4 Å². The van der Waals surface area contributed by atoms with Gasteiger partial charge in [-0.2, -0.15) is 4.98 Å². The Labute approximate surface area is 123 Å². The summed E-state index contributed by atoms with van der Waals surface area (Å²) in [5.41, 5.74) is 6.07. The van der Waals surface area contributed by atoms with Crippen LogP contribution in [0.15, 0.2) is 29.6 Å². The van der Waals surface area contributed by atoms with E-state index in [0.717, 1.165) is 0 Å². The molecule has 3 rings (SSSR count). The molecule has 3 aromatic rings. The van der Waals surface area contributed by atoms with Crippen molar-refractivity contribution in [2.24, 2.45) is 0 Å². The lowest BCUT2D eigenvalue weighted by Crippen LogP contribution is -2.00. The molecule has 1 aromatic carbocycles. The zero-order chi connectivity index (χ0) is 15.0. The van der Waals surface area contributed by atoms with Gasteiger partial charge in [0.1, 0.15) is 4.83 Å². The second-order valence-corrected chi connectivity index (χ2v) is 5.20. The highest BCUT2D eigenvalue weighted by Gasteiger charge is 2.20. The van der Waals surface area contributed by atoms with E-state index in [-0.39, 0.29) is 23.3 Å². The van der Waals surface area contributed by atoms with Crippen LogP contribution in [-0.4, -0.2) is 14.9 Å². The Morgan fingerprint density at radius 1 is 1.33 bits per heavy atom. The Hall–Kier alpha value is -2.74. The second kappa shape index (κ2) is 4.98. The van der Waals surface area contributed by atoms with Crippen molar-refractivity contribution < 1.29 is 9.66 Å². The van der Waals surface area contributed by atoms with Crippen LogP contribution in [0.5, 0.6) is 11.6 Å². The minimum Gasteiger partial charge on any atom is -0.431 e. The summed E-state index contributed by atoms with van der Waals surface area (Å²) in [6.45, 7) is 1.65. The number of benzene rings is 1. The van der Waals surface area contributed by atoms with Crippen molar-refractivity contribution in [1.82, 2.24) is 9.97 Å². The molecule has 106 valence electrons. The third kappa shape index (κ3) is 2.36. The first-order chi connectivity index (χ1) is 10.1. The van der Waals surface area contributed by atoms with E-state index in [9.17, 15) is 10.1 Å². The Balaban J connectivity index is 2.13. The Morgan fingerprint density at radius 2 is 2.14 bits per heavy atom. The molecule has 0 aliphatic heterocycles. The van der Waals surface area contributed by atoms with Gasteiger partial charge in [-0.15, -0.1) is 11.3 Å². The molecule has 2 heterocycles. The summed E-state index contributed by atoms with van der Waals surface area (Å²) in [6.07, 6.45) is 0. The van der Waals surface area contributed by atoms with Crippen LogP contribution in [0, 0.1) is 17.0 Å². The number of aryl methyl sites for hydroxylation is 1. The molecule has 0 fully saturated rings. The molecule has 0 spiro atoms. The van der Waals surface area contributed by atoms with Crippen LogP contribution >= 0.6 is 11.3 Å². The lowest BCUT2D eigenvalue weighted by atomic mass is 10.2. The first-order valence-electron chi connectivity index (χ1n) is 5.99. The number of fused-ring (bicyclic) bond motifs is 1. The molecule has 8 heteroatoms. The fraction of sp³-hybridized carbons (Fsp3) is 0.0769. The largest absolute Gasteiger partial charge is 0.431 e. The smallest absolute Gasteiger partial charge is 0.314 e. The maximum atomic E-state index is 11.2. The van der Waals surface area contributed by atoms with E-state index < -0.39 is 4.92 Å². The number of para-hydroxylation sites is 1. The Kier molecular flexibility index (Phi) is 3.15. The van der Waals surface area contributed by atoms with Crippen LogP contribution in [0.2, 0.25) is 0 Å². The first-order valence-corrected chi connectivity index (χ1v) is 6.87. The predicted molar refractivity (Wildman–Crippen MR) is 79.7 cm³/mol. The Morgan fingerprint density at radius 3 is 2.90 bits per heavy atom. The molecule has 0 atom stereocenters. The number of anilines is 1. The van der Waals surface area contributed by atoms with E-state index in [1.807, 2.05) is 5.38 Å². The van der Waals surface area contributed by atoms with Gasteiger partial charge in [0.25, 0.3) is 0 Å². The molecular formula is C13H10N4O3S. The van der Waals surface area contributed by atoms with Gasteiger partial charge in [-0.25, -0.2) is 4.98 Å². The maximum Gasteiger partial charge on any atom is 0.314 e. The van der Waals surface area contributed by atoms with Crippen LogP contribution in [0.25, 0.3) is 10.2 Å². The van der Waals surface area contributed by atoms with E-state index >= 15 is 0 Å². The third-order valence-corrected chi connectivity index (χ3v) is 3.70. The van der Waals surface area contributed by atoms with Gasteiger partial charge in [-0.1, -0.05) is 12.1 Å². The third-order valence-electron chi connectivity index (χ3n) is 2.90. The van der Waals surface area contributed by atoms with Gasteiger partial charge in [-0.3, -0.25) is 10.1 Å². The van der Waals surface area contributed by atoms with E-state index in [1.54, 1.807) is 25.1 Å². The van der Waals surface area contributed by atoms with Gasteiger partial charge in [0.2, 0.25) is 17.6 Å². The quantitative estimate of drug-likeness (QED) is 0.588. The zero-order valence-electron chi connectivity index (χ0n) is 10.9. The van der Waals surface area contributed by atoms with Crippen LogP contribution in [0.1, 0.15) is 5.56 Å². The number of rotatable bonds is 3. The number of nitro benzene ring substituents is 1. The van der Waals surface area contributed by atoms with Crippen molar-refractivity contribution in [3.8, 4) is 11.6 Å². The van der Waals surface area contributed by atoms with Crippen molar-refractivity contribution in [3.05, 3.63) is 45.3 Å². The molecule has 2 N–H and O–H groups in total. The number of aromatic nitrogens is 2. The SMILES string of the molecule is Cc1cccc(Oc2nc(N)nc3sccc23)c1[N+](=O)[O-]. The van der Waals surface area contributed by atoms with E-state index in [0.29, 0.717) is 15.8 Å². The standard InChI is InChI=1S/C13H10N4O3S/c1-7-3-2-4-9(10(7)17(18)19)20-11-8-5-6-21-12(8)16-13(14)15-11/h2-6H,1H3,(H2,14,15,16). The average Bonchev–Trinajstić information content (AvgIpc) is 2.86. The molecule has 2 aromatic heterocycles. The number of nitrogen functional groups attached to an aromatic ring is 1. The van der Waals surface area contributed by atoms with Crippen molar-refractivity contribution in [2.75, 3.05) is 5.73 Å². The lowest BCUT2D eigenvalue weighted by Gasteiger charge is -2.08. The maximum absolute atomic E-state index is 11.2. The van der Waals surface area contributed by atoms with E-state index in [4.69, 9.17) is 10.5 Å². The van der Waals surface area contributed by atoms with Gasteiger partial charge in [-0.05, 0) is 24.4 Å². The van der Waals surface area contributed by atoms with Crippen molar-refractivity contribution in [2.45, 2.75) is 6.92 Å². The summed E-state index contributed by atoms with van der Waals surface area (Å²) >= 11 is 1.39. The highest BCUT2D eigenvalue weighted by molar-refractivity contribution is 7.16. The van der Waals surface area contributed by atoms with Gasteiger partial charge in [0, 0.05) is 5.56 Å². The summed E-state index contributed by atoms with van der Waals surface area (Å²) < 4.78 is 5.64. The summed E-state index contributed by atoms with van der Waals surface area (Å²) in [5.74, 6) is 0.410. The molecule has 0 aliphatic carbocycles. The molecule has 0 radical (unpaired) electrons. The summed E-state index contributed by atoms with van der Waals surface area (Å²) in [5, 5.41) is 13.7. The first kappa shape index (κ1) is 13.3. The second-order valence-electron chi connectivity index (χ2n) is 4.31. The molecule has 0 bridgehead atoms. The molecule has 0 unspecified atom stereocenters. The highest BCUT2D eigenvalue weighted by atomic mass is 32.1. The number of hydrogen-bond acceptors (Lipinski definition) is 7. The van der Waals surface area contributed by atoms with Crippen LogP contribution in [0.3, 0.4) is 0 Å². The minimum atomic E-state index is -0.472. The topological polar surface area (TPSA) is 104 Å². The molecule has 7 nitrogen and oxygen atoms in total. The molecule has 0 saturated heterocycles. The number of nitro groups is 1. The lowest BCUT2D eigenvalue weighted by molar-refractivity contribution is -0.386.